The van der Waals surface area contributed by atoms with Crippen LogP contribution < -0.4 is 0 Å². The summed E-state index contributed by atoms with van der Waals surface area (Å²) in [5.41, 5.74) is 3.99. The predicted molar refractivity (Wildman–Crippen MR) is 107 cm³/mol. The topological polar surface area (TPSA) is 40.5 Å². The van der Waals surface area contributed by atoms with Crippen LogP contribution in [0.15, 0.2) is 29.0 Å². The van der Waals surface area contributed by atoms with E-state index in [1.54, 1.807) is 22.7 Å². The lowest BCUT2D eigenvalue weighted by Gasteiger charge is -2.30. The fourth-order valence-corrected chi connectivity index (χ4v) is 5.19. The molecule has 0 amide bonds. The summed E-state index contributed by atoms with van der Waals surface area (Å²) in [7, 11) is 0. The Morgan fingerprint density at radius 1 is 1.32 bits per heavy atom. The van der Waals surface area contributed by atoms with Gasteiger partial charge in [0.25, 0.3) is 0 Å². The van der Waals surface area contributed by atoms with Crippen LogP contribution in [-0.2, 0) is 4.79 Å². The van der Waals surface area contributed by atoms with Crippen molar-refractivity contribution in [3.63, 3.8) is 0 Å². The lowest BCUT2D eigenvalue weighted by Crippen LogP contribution is -2.39. The number of piperidine rings is 1. The van der Waals surface area contributed by atoms with Gasteiger partial charge in [0.2, 0.25) is 0 Å². The highest BCUT2D eigenvalue weighted by Gasteiger charge is 2.24. The molecule has 3 rings (SSSR count). The Kier molecular flexibility index (Phi) is 6.10. The molecule has 1 aliphatic heterocycles. The summed E-state index contributed by atoms with van der Waals surface area (Å²) < 4.78 is 0. The monoisotopic (exact) mass is 375 g/mol. The van der Waals surface area contributed by atoms with Crippen molar-refractivity contribution in [2.24, 2.45) is 5.92 Å². The summed E-state index contributed by atoms with van der Waals surface area (Å²) in [4.78, 5) is 16.2. The number of rotatable bonds is 6. The Morgan fingerprint density at radius 3 is 2.76 bits per heavy atom. The first-order valence-electron chi connectivity index (χ1n) is 8.80. The second-order valence-corrected chi connectivity index (χ2v) is 8.74. The molecule has 1 aliphatic rings. The van der Waals surface area contributed by atoms with Gasteiger partial charge in [-0.2, -0.15) is 0 Å². The van der Waals surface area contributed by atoms with Crippen molar-refractivity contribution in [2.75, 3.05) is 19.6 Å². The van der Waals surface area contributed by atoms with Crippen LogP contribution in [0, 0.1) is 19.8 Å². The molecule has 1 N–H and O–H groups in total. The van der Waals surface area contributed by atoms with E-state index in [1.165, 1.54) is 26.5 Å². The number of thiophene rings is 2. The van der Waals surface area contributed by atoms with Gasteiger partial charge in [-0.25, -0.2) is 0 Å². The average Bonchev–Trinajstić information content (AvgIpc) is 3.21. The molecule has 1 fully saturated rings. The summed E-state index contributed by atoms with van der Waals surface area (Å²) in [6.45, 7) is 6.99. The summed E-state index contributed by atoms with van der Waals surface area (Å²) in [5.74, 6) is -0.847. The van der Waals surface area contributed by atoms with Crippen molar-refractivity contribution < 1.29 is 9.90 Å². The molecule has 1 unspecified atom stereocenters. The van der Waals surface area contributed by atoms with E-state index < -0.39 is 5.97 Å². The quantitative estimate of drug-likeness (QED) is 0.768. The molecule has 25 heavy (non-hydrogen) atoms. The third-order valence-electron chi connectivity index (χ3n) is 4.90. The van der Waals surface area contributed by atoms with Gasteiger partial charge in [0, 0.05) is 22.8 Å². The molecule has 0 spiro atoms. The first-order valence-corrected chi connectivity index (χ1v) is 10.6. The molecule has 1 atom stereocenters. The third-order valence-corrected chi connectivity index (χ3v) is 6.80. The van der Waals surface area contributed by atoms with Crippen LogP contribution in [0.5, 0.6) is 0 Å². The summed E-state index contributed by atoms with van der Waals surface area (Å²) in [6.07, 6.45) is 5.10. The highest BCUT2D eigenvalue weighted by Crippen LogP contribution is 2.34. The van der Waals surface area contributed by atoms with Gasteiger partial charge >= 0.3 is 5.97 Å². The van der Waals surface area contributed by atoms with E-state index in [-0.39, 0.29) is 5.92 Å². The number of carbonyl (C=O) groups is 1. The molecule has 1 saturated heterocycles. The van der Waals surface area contributed by atoms with Crippen LogP contribution in [0.25, 0.3) is 5.57 Å². The summed E-state index contributed by atoms with van der Waals surface area (Å²) >= 11 is 3.59. The minimum Gasteiger partial charge on any atom is -0.481 e. The van der Waals surface area contributed by atoms with Crippen molar-refractivity contribution in [1.82, 2.24) is 4.90 Å². The molecule has 0 aromatic carbocycles. The molecule has 134 valence electrons. The molecule has 2 aromatic rings. The summed E-state index contributed by atoms with van der Waals surface area (Å²) in [6, 6.07) is 4.39. The van der Waals surface area contributed by atoms with Crippen LogP contribution in [0.4, 0.5) is 0 Å². The number of likely N-dealkylation sites (tertiary alicyclic amines) is 1. The zero-order valence-corrected chi connectivity index (χ0v) is 16.5. The highest BCUT2D eigenvalue weighted by molar-refractivity contribution is 7.12. The second kappa shape index (κ2) is 8.30. The zero-order chi connectivity index (χ0) is 17.8. The van der Waals surface area contributed by atoms with E-state index in [0.717, 1.165) is 32.4 Å². The Labute approximate surface area is 157 Å². The average molecular weight is 376 g/mol. The lowest BCUT2D eigenvalue weighted by atomic mass is 9.98. The van der Waals surface area contributed by atoms with Gasteiger partial charge in [0.15, 0.2) is 0 Å². The Bertz CT molecular complexity index is 717. The Hall–Kier alpha value is -1.43. The molecule has 0 aliphatic carbocycles. The first kappa shape index (κ1) is 18.4. The van der Waals surface area contributed by atoms with E-state index in [9.17, 15) is 9.90 Å². The predicted octanol–water partition coefficient (Wildman–Crippen LogP) is 5.04. The standard InChI is InChI=1S/C20H25NO2S2/c1-14-7-11-25-19(14)18(17-8-12-24-15(17)2)6-4-10-21-9-3-5-16(13-21)20(22)23/h6-8,11-12,16H,3-5,9-10,13H2,1-2H3,(H,22,23)/b18-6-. The van der Waals surface area contributed by atoms with Crippen molar-refractivity contribution in [3.05, 3.63) is 49.9 Å². The molecule has 3 heterocycles. The van der Waals surface area contributed by atoms with Crippen LogP contribution in [-0.4, -0.2) is 35.6 Å². The third kappa shape index (κ3) is 4.40. The van der Waals surface area contributed by atoms with E-state index in [0.29, 0.717) is 6.54 Å². The van der Waals surface area contributed by atoms with E-state index in [4.69, 9.17) is 0 Å². The van der Waals surface area contributed by atoms with Crippen molar-refractivity contribution in [1.29, 1.82) is 0 Å². The maximum absolute atomic E-state index is 11.2. The van der Waals surface area contributed by atoms with Gasteiger partial charge in [-0.15, -0.1) is 22.7 Å². The van der Waals surface area contributed by atoms with Gasteiger partial charge in [0.05, 0.1) is 5.92 Å². The van der Waals surface area contributed by atoms with Crippen LogP contribution in [0.1, 0.15) is 40.1 Å². The molecule has 0 bridgehead atoms. The van der Waals surface area contributed by atoms with E-state index >= 15 is 0 Å². The molecule has 0 radical (unpaired) electrons. The molecule has 3 nitrogen and oxygen atoms in total. The largest absolute Gasteiger partial charge is 0.481 e. The van der Waals surface area contributed by atoms with Crippen molar-refractivity contribution >= 4 is 34.2 Å². The van der Waals surface area contributed by atoms with Crippen molar-refractivity contribution in [3.8, 4) is 0 Å². The fraction of sp³-hybridized carbons (Fsp3) is 0.450. The number of aryl methyl sites for hydroxylation is 2. The van der Waals surface area contributed by atoms with Gasteiger partial charge < -0.3 is 10.0 Å². The number of nitrogens with zero attached hydrogens (tertiary/aromatic N) is 1. The number of carboxylic acid groups (broad SMARTS) is 1. The first-order chi connectivity index (χ1) is 12.1. The van der Waals surface area contributed by atoms with Crippen LogP contribution >= 0.6 is 22.7 Å². The summed E-state index contributed by atoms with van der Waals surface area (Å²) in [5, 5.41) is 13.6. The molecule has 2 aromatic heterocycles. The van der Waals surface area contributed by atoms with Gasteiger partial charge in [-0.1, -0.05) is 6.08 Å². The number of hydrogen-bond acceptors (Lipinski definition) is 4. The fourth-order valence-electron chi connectivity index (χ4n) is 3.49. The molecule has 5 heteroatoms. The van der Waals surface area contributed by atoms with Crippen molar-refractivity contribution in [2.45, 2.75) is 33.1 Å². The maximum Gasteiger partial charge on any atom is 0.307 e. The smallest absolute Gasteiger partial charge is 0.307 e. The normalized spacial score (nSPS) is 19.3. The van der Waals surface area contributed by atoms with E-state index in [2.05, 4.69) is 47.7 Å². The molecular formula is C20H25NO2S2. The maximum atomic E-state index is 11.2. The number of aliphatic carboxylic acids is 1. The Balaban J connectivity index is 1.73. The van der Waals surface area contributed by atoms with Crippen LogP contribution in [0.2, 0.25) is 0 Å². The van der Waals surface area contributed by atoms with E-state index in [1.807, 2.05) is 0 Å². The minimum absolute atomic E-state index is 0.198. The van der Waals surface area contributed by atoms with Crippen LogP contribution in [0.3, 0.4) is 0 Å². The van der Waals surface area contributed by atoms with Gasteiger partial charge in [-0.3, -0.25) is 4.79 Å². The SMILES string of the molecule is Cc1ccsc1/C(=C\CCN1CCCC(C(=O)O)C1)c1ccsc1C. The number of hydrogen-bond donors (Lipinski definition) is 1. The second-order valence-electron chi connectivity index (χ2n) is 6.71. The van der Waals surface area contributed by atoms with Gasteiger partial charge in [-0.05, 0) is 79.2 Å². The molecular weight excluding hydrogens is 350 g/mol. The minimum atomic E-state index is -0.649. The number of carboxylic acids is 1. The highest BCUT2D eigenvalue weighted by atomic mass is 32.1. The van der Waals surface area contributed by atoms with Gasteiger partial charge in [0.1, 0.15) is 0 Å². The zero-order valence-electron chi connectivity index (χ0n) is 14.8. The lowest BCUT2D eigenvalue weighted by molar-refractivity contribution is -0.143. The Morgan fingerprint density at radius 2 is 2.12 bits per heavy atom. The molecule has 0 saturated carbocycles.